The summed E-state index contributed by atoms with van der Waals surface area (Å²) >= 11 is 0. The van der Waals surface area contributed by atoms with Gasteiger partial charge in [0.1, 0.15) is 5.56 Å². The molecule has 0 saturated heterocycles. The Morgan fingerprint density at radius 2 is 2.00 bits per heavy atom. The largest absolute Gasteiger partial charge is 0.478 e. The lowest BCUT2D eigenvalue weighted by Crippen LogP contribution is -2.25. The molecule has 1 aromatic heterocycles. The van der Waals surface area contributed by atoms with Crippen LogP contribution in [0.5, 0.6) is 0 Å². The number of benzene rings is 1. The molecule has 1 N–H and O–H groups in total. The monoisotopic (exact) mass is 274 g/mol. The summed E-state index contributed by atoms with van der Waals surface area (Å²) in [5, 5.41) is 8.95. The van der Waals surface area contributed by atoms with E-state index in [0.717, 1.165) is 11.6 Å². The van der Waals surface area contributed by atoms with Crippen LogP contribution >= 0.6 is 0 Å². The molecule has 0 aliphatic carbocycles. The summed E-state index contributed by atoms with van der Waals surface area (Å²) < 4.78 is 14.2. The number of rotatable bonds is 5. The number of nitrogens with zero attached hydrogens (tertiary/aromatic N) is 2. The first-order chi connectivity index (χ1) is 9.63. The number of pyridine rings is 1. The summed E-state index contributed by atoms with van der Waals surface area (Å²) in [5.41, 5.74) is 0.651. The zero-order valence-corrected chi connectivity index (χ0v) is 11.1. The topological polar surface area (TPSA) is 53.4 Å². The van der Waals surface area contributed by atoms with Gasteiger partial charge in [0.25, 0.3) is 0 Å². The second kappa shape index (κ2) is 6.14. The van der Waals surface area contributed by atoms with E-state index in [1.165, 1.54) is 6.20 Å². The first kappa shape index (κ1) is 14.0. The maximum atomic E-state index is 14.2. The van der Waals surface area contributed by atoms with Gasteiger partial charge in [-0.1, -0.05) is 30.3 Å². The Balaban J connectivity index is 2.33. The lowest BCUT2D eigenvalue weighted by molar-refractivity contribution is 0.0691. The Kier molecular flexibility index (Phi) is 4.30. The summed E-state index contributed by atoms with van der Waals surface area (Å²) in [6, 6.07) is 10.7. The number of anilines is 1. The van der Waals surface area contributed by atoms with Gasteiger partial charge in [-0.2, -0.15) is 0 Å². The fourth-order valence-corrected chi connectivity index (χ4v) is 1.96. The van der Waals surface area contributed by atoms with E-state index in [9.17, 15) is 9.18 Å². The Morgan fingerprint density at radius 3 is 2.60 bits per heavy atom. The lowest BCUT2D eigenvalue weighted by Gasteiger charge is -2.22. The lowest BCUT2D eigenvalue weighted by atomic mass is 10.2. The number of hydrogen-bond donors (Lipinski definition) is 1. The molecule has 0 spiro atoms. The van der Waals surface area contributed by atoms with Crippen LogP contribution in [0.1, 0.15) is 22.8 Å². The molecule has 5 heteroatoms. The van der Waals surface area contributed by atoms with Crippen LogP contribution in [-0.2, 0) is 6.54 Å². The van der Waals surface area contributed by atoms with Gasteiger partial charge in [-0.3, -0.25) is 0 Å². The highest BCUT2D eigenvalue weighted by atomic mass is 19.1. The van der Waals surface area contributed by atoms with Gasteiger partial charge in [-0.25, -0.2) is 14.2 Å². The first-order valence-corrected chi connectivity index (χ1v) is 6.30. The van der Waals surface area contributed by atoms with Crippen molar-refractivity contribution in [3.8, 4) is 0 Å². The zero-order chi connectivity index (χ0) is 14.5. The van der Waals surface area contributed by atoms with Crippen molar-refractivity contribution >= 4 is 11.8 Å². The Hall–Kier alpha value is -2.43. The standard InChI is InChI=1S/C15H15FN2O2/c1-2-18(10-11-6-4-3-5-7-11)14-13(16)12(15(19)20)8-9-17-14/h3-9H,2,10H2,1H3,(H,19,20). The SMILES string of the molecule is CCN(Cc1ccccc1)c1nccc(C(=O)O)c1F. The van der Waals surface area contributed by atoms with Gasteiger partial charge in [0.05, 0.1) is 0 Å². The van der Waals surface area contributed by atoms with Crippen molar-refractivity contribution in [2.45, 2.75) is 13.5 Å². The molecule has 0 aliphatic heterocycles. The van der Waals surface area contributed by atoms with Crippen molar-refractivity contribution in [1.29, 1.82) is 0 Å². The van der Waals surface area contributed by atoms with Crippen molar-refractivity contribution in [3.05, 3.63) is 59.5 Å². The molecule has 0 radical (unpaired) electrons. The van der Waals surface area contributed by atoms with Gasteiger partial charge in [0.15, 0.2) is 11.6 Å². The smallest absolute Gasteiger partial charge is 0.338 e. The third-order valence-corrected chi connectivity index (χ3v) is 3.00. The van der Waals surface area contributed by atoms with Gasteiger partial charge < -0.3 is 10.0 Å². The Labute approximate surface area is 116 Å². The summed E-state index contributed by atoms with van der Waals surface area (Å²) in [6.07, 6.45) is 1.32. The first-order valence-electron chi connectivity index (χ1n) is 6.30. The van der Waals surface area contributed by atoms with Crippen LogP contribution in [-0.4, -0.2) is 22.6 Å². The third-order valence-electron chi connectivity index (χ3n) is 3.00. The molecule has 20 heavy (non-hydrogen) atoms. The summed E-state index contributed by atoms with van der Waals surface area (Å²) in [7, 11) is 0. The average Bonchev–Trinajstić information content (AvgIpc) is 2.46. The molecular weight excluding hydrogens is 259 g/mol. The molecule has 0 amide bonds. The van der Waals surface area contributed by atoms with E-state index in [1.54, 1.807) is 4.90 Å². The van der Waals surface area contributed by atoms with E-state index in [2.05, 4.69) is 4.98 Å². The molecule has 2 aromatic rings. The molecule has 0 bridgehead atoms. The number of hydrogen-bond acceptors (Lipinski definition) is 3. The van der Waals surface area contributed by atoms with Crippen LogP contribution in [0.25, 0.3) is 0 Å². The fraction of sp³-hybridized carbons (Fsp3) is 0.200. The maximum absolute atomic E-state index is 14.2. The predicted molar refractivity (Wildman–Crippen MR) is 74.3 cm³/mol. The molecule has 0 fully saturated rings. The van der Waals surface area contributed by atoms with Crippen molar-refractivity contribution in [2.24, 2.45) is 0 Å². The third kappa shape index (κ3) is 2.93. The van der Waals surface area contributed by atoms with E-state index in [4.69, 9.17) is 5.11 Å². The van der Waals surface area contributed by atoms with Gasteiger partial charge in [0.2, 0.25) is 0 Å². The van der Waals surface area contributed by atoms with Crippen LogP contribution in [0.2, 0.25) is 0 Å². The summed E-state index contributed by atoms with van der Waals surface area (Å²) in [4.78, 5) is 16.6. The van der Waals surface area contributed by atoms with Crippen LogP contribution in [0.15, 0.2) is 42.6 Å². The van der Waals surface area contributed by atoms with E-state index in [0.29, 0.717) is 13.1 Å². The van der Waals surface area contributed by atoms with Crippen LogP contribution < -0.4 is 4.90 Å². The molecule has 2 rings (SSSR count). The second-order valence-corrected chi connectivity index (χ2v) is 4.30. The van der Waals surface area contributed by atoms with E-state index < -0.39 is 11.8 Å². The van der Waals surface area contributed by atoms with Crippen LogP contribution in [0, 0.1) is 5.82 Å². The molecule has 1 heterocycles. The normalized spacial score (nSPS) is 10.3. The summed E-state index contributed by atoms with van der Waals surface area (Å²) in [5.74, 6) is -2.02. The minimum Gasteiger partial charge on any atom is -0.478 e. The number of carboxylic acid groups (broad SMARTS) is 1. The van der Waals surface area contributed by atoms with Gasteiger partial charge in [-0.05, 0) is 18.6 Å². The highest BCUT2D eigenvalue weighted by Crippen LogP contribution is 2.21. The quantitative estimate of drug-likeness (QED) is 0.910. The predicted octanol–water partition coefficient (Wildman–Crippen LogP) is 2.95. The van der Waals surface area contributed by atoms with Crippen molar-refractivity contribution in [2.75, 3.05) is 11.4 Å². The number of carbonyl (C=O) groups is 1. The Morgan fingerprint density at radius 1 is 1.30 bits per heavy atom. The molecule has 0 aliphatic rings. The zero-order valence-electron chi connectivity index (χ0n) is 11.1. The maximum Gasteiger partial charge on any atom is 0.338 e. The molecule has 0 unspecified atom stereocenters. The number of aromatic nitrogens is 1. The number of aromatic carboxylic acids is 1. The average molecular weight is 274 g/mol. The minimum absolute atomic E-state index is 0.0660. The van der Waals surface area contributed by atoms with Gasteiger partial charge in [0, 0.05) is 19.3 Å². The van der Waals surface area contributed by atoms with Gasteiger partial charge in [-0.15, -0.1) is 0 Å². The fourth-order valence-electron chi connectivity index (χ4n) is 1.96. The molecule has 0 atom stereocenters. The van der Waals surface area contributed by atoms with Crippen LogP contribution in [0.4, 0.5) is 10.2 Å². The van der Waals surface area contributed by atoms with Crippen LogP contribution in [0.3, 0.4) is 0 Å². The highest BCUT2D eigenvalue weighted by molar-refractivity contribution is 5.88. The second-order valence-electron chi connectivity index (χ2n) is 4.30. The van der Waals surface area contributed by atoms with E-state index in [1.807, 2.05) is 37.3 Å². The van der Waals surface area contributed by atoms with E-state index in [-0.39, 0.29) is 11.4 Å². The Bertz CT molecular complexity index is 602. The number of halogens is 1. The number of carboxylic acids is 1. The van der Waals surface area contributed by atoms with Gasteiger partial charge >= 0.3 is 5.97 Å². The molecular formula is C15H15FN2O2. The van der Waals surface area contributed by atoms with Crippen molar-refractivity contribution in [3.63, 3.8) is 0 Å². The molecule has 0 saturated carbocycles. The minimum atomic E-state index is -1.29. The van der Waals surface area contributed by atoms with Crippen molar-refractivity contribution < 1.29 is 14.3 Å². The van der Waals surface area contributed by atoms with Crippen molar-refractivity contribution in [1.82, 2.24) is 4.98 Å². The van der Waals surface area contributed by atoms with E-state index >= 15 is 0 Å². The highest BCUT2D eigenvalue weighted by Gasteiger charge is 2.19. The molecule has 1 aromatic carbocycles. The molecule has 4 nitrogen and oxygen atoms in total. The summed E-state index contributed by atoms with van der Waals surface area (Å²) in [6.45, 7) is 2.88. The molecule has 104 valence electrons.